The van der Waals surface area contributed by atoms with Gasteiger partial charge < -0.3 is 9.84 Å². The third-order valence-corrected chi connectivity index (χ3v) is 4.78. The summed E-state index contributed by atoms with van der Waals surface area (Å²) in [4.78, 5) is 13.4. The quantitative estimate of drug-likeness (QED) is 0.878. The molecule has 1 aromatic carbocycles. The van der Waals surface area contributed by atoms with Crippen molar-refractivity contribution in [3.05, 3.63) is 32.7 Å². The van der Waals surface area contributed by atoms with Crippen LogP contribution in [0.1, 0.15) is 11.6 Å². The zero-order valence-electron chi connectivity index (χ0n) is 9.60. The number of aliphatic carboxylic acids is 1. The molecular formula is C12H13Br2NO3. The molecule has 1 saturated heterocycles. The predicted octanol–water partition coefficient (Wildman–Crippen LogP) is 2.67. The summed E-state index contributed by atoms with van der Waals surface area (Å²) < 4.78 is 7.03. The van der Waals surface area contributed by atoms with E-state index < -0.39 is 12.0 Å². The van der Waals surface area contributed by atoms with Gasteiger partial charge in [-0.25, -0.2) is 0 Å². The fraction of sp³-hybridized carbons (Fsp3) is 0.417. The number of ether oxygens (including phenoxy) is 1. The molecule has 18 heavy (non-hydrogen) atoms. The minimum atomic E-state index is -0.828. The third-order valence-electron chi connectivity index (χ3n) is 2.90. The van der Waals surface area contributed by atoms with Gasteiger partial charge in [0.2, 0.25) is 0 Å². The minimum absolute atomic E-state index is 0.585. The van der Waals surface area contributed by atoms with Gasteiger partial charge >= 0.3 is 5.97 Å². The Kier molecular flexibility index (Phi) is 4.77. The highest BCUT2D eigenvalue weighted by Gasteiger charge is 2.28. The number of carbonyl (C=O) groups is 1. The van der Waals surface area contributed by atoms with Crippen LogP contribution in [-0.2, 0) is 9.53 Å². The van der Waals surface area contributed by atoms with Crippen molar-refractivity contribution >= 4 is 37.8 Å². The highest BCUT2D eigenvalue weighted by atomic mass is 79.9. The maximum Gasteiger partial charge on any atom is 0.325 e. The molecule has 1 unspecified atom stereocenters. The Hall–Kier alpha value is -0.430. The van der Waals surface area contributed by atoms with Gasteiger partial charge in [0.1, 0.15) is 6.04 Å². The van der Waals surface area contributed by atoms with Crippen LogP contribution < -0.4 is 0 Å². The Bertz CT molecular complexity index is 447. The summed E-state index contributed by atoms with van der Waals surface area (Å²) in [6.45, 7) is 2.46. The van der Waals surface area contributed by atoms with Crippen LogP contribution in [0.2, 0.25) is 0 Å². The highest BCUT2D eigenvalue weighted by Crippen LogP contribution is 2.29. The van der Waals surface area contributed by atoms with Gasteiger partial charge in [-0.15, -0.1) is 0 Å². The minimum Gasteiger partial charge on any atom is -0.480 e. The molecule has 1 heterocycles. The molecule has 2 rings (SSSR count). The second kappa shape index (κ2) is 6.14. The van der Waals surface area contributed by atoms with E-state index in [4.69, 9.17) is 4.74 Å². The lowest BCUT2D eigenvalue weighted by molar-refractivity contribution is -0.145. The Morgan fingerprint density at radius 2 is 1.94 bits per heavy atom. The number of carboxylic acids is 1. The van der Waals surface area contributed by atoms with Crippen LogP contribution in [0.15, 0.2) is 27.1 Å². The van der Waals surface area contributed by atoms with Crippen molar-refractivity contribution < 1.29 is 14.6 Å². The number of hydrogen-bond donors (Lipinski definition) is 1. The lowest BCUT2D eigenvalue weighted by Crippen LogP contribution is -2.42. The molecule has 0 saturated carbocycles. The second-order valence-electron chi connectivity index (χ2n) is 4.06. The number of rotatable bonds is 3. The Balaban J connectivity index is 2.28. The van der Waals surface area contributed by atoms with Gasteiger partial charge in [0.15, 0.2) is 0 Å². The van der Waals surface area contributed by atoms with Crippen LogP contribution >= 0.6 is 31.9 Å². The summed E-state index contributed by atoms with van der Waals surface area (Å²) in [5.74, 6) is -0.828. The van der Waals surface area contributed by atoms with Crippen molar-refractivity contribution in [1.29, 1.82) is 0 Å². The van der Waals surface area contributed by atoms with Crippen molar-refractivity contribution in [2.24, 2.45) is 0 Å². The van der Waals surface area contributed by atoms with Crippen molar-refractivity contribution in [3.8, 4) is 0 Å². The molecule has 4 nitrogen and oxygen atoms in total. The van der Waals surface area contributed by atoms with E-state index in [-0.39, 0.29) is 0 Å². The number of carboxylic acid groups (broad SMARTS) is 1. The molecule has 1 atom stereocenters. The first kappa shape index (κ1) is 14.0. The Labute approximate surface area is 122 Å². The van der Waals surface area contributed by atoms with Crippen molar-refractivity contribution in [1.82, 2.24) is 4.90 Å². The largest absolute Gasteiger partial charge is 0.480 e. The standard InChI is InChI=1S/C12H13Br2NO3/c13-9-2-1-8(7-10(9)14)11(12(16)17)15-3-5-18-6-4-15/h1-2,7,11H,3-6H2,(H,16,17). The summed E-state index contributed by atoms with van der Waals surface area (Å²) >= 11 is 6.79. The third kappa shape index (κ3) is 3.12. The van der Waals surface area contributed by atoms with Gasteiger partial charge in [0, 0.05) is 22.0 Å². The van der Waals surface area contributed by atoms with Gasteiger partial charge in [-0.1, -0.05) is 6.07 Å². The molecule has 6 heteroatoms. The molecule has 1 aliphatic heterocycles. The van der Waals surface area contributed by atoms with Crippen LogP contribution in [0.3, 0.4) is 0 Å². The normalized spacial score (nSPS) is 18.6. The topological polar surface area (TPSA) is 49.8 Å². The molecule has 1 aliphatic rings. The van der Waals surface area contributed by atoms with Gasteiger partial charge in [-0.2, -0.15) is 0 Å². The average Bonchev–Trinajstić information content (AvgIpc) is 2.35. The first-order valence-electron chi connectivity index (χ1n) is 5.59. The van der Waals surface area contributed by atoms with E-state index in [1.807, 2.05) is 23.1 Å². The smallest absolute Gasteiger partial charge is 0.325 e. The van der Waals surface area contributed by atoms with Crippen LogP contribution in [-0.4, -0.2) is 42.3 Å². The van der Waals surface area contributed by atoms with E-state index >= 15 is 0 Å². The van der Waals surface area contributed by atoms with Crippen LogP contribution in [0, 0.1) is 0 Å². The van der Waals surface area contributed by atoms with Crippen LogP contribution in [0.4, 0.5) is 0 Å². The molecule has 1 N–H and O–H groups in total. The van der Waals surface area contributed by atoms with E-state index in [0.717, 1.165) is 14.5 Å². The fourth-order valence-corrected chi connectivity index (χ4v) is 2.67. The summed E-state index contributed by atoms with van der Waals surface area (Å²) in [5.41, 5.74) is 0.777. The molecule has 0 bridgehead atoms. The average molecular weight is 379 g/mol. The molecular weight excluding hydrogens is 366 g/mol. The maximum absolute atomic E-state index is 11.5. The van der Waals surface area contributed by atoms with E-state index in [9.17, 15) is 9.90 Å². The molecule has 98 valence electrons. The zero-order chi connectivity index (χ0) is 13.1. The van der Waals surface area contributed by atoms with Gasteiger partial charge in [-0.3, -0.25) is 9.69 Å². The van der Waals surface area contributed by atoms with E-state index in [0.29, 0.717) is 26.3 Å². The highest BCUT2D eigenvalue weighted by molar-refractivity contribution is 9.13. The number of morpholine rings is 1. The van der Waals surface area contributed by atoms with Crippen LogP contribution in [0.5, 0.6) is 0 Å². The number of halogens is 2. The maximum atomic E-state index is 11.5. The number of benzene rings is 1. The first-order valence-corrected chi connectivity index (χ1v) is 7.18. The molecule has 0 amide bonds. The van der Waals surface area contributed by atoms with Crippen LogP contribution in [0.25, 0.3) is 0 Å². The fourth-order valence-electron chi connectivity index (χ4n) is 2.03. The number of hydrogen-bond acceptors (Lipinski definition) is 3. The van der Waals surface area contributed by atoms with Crippen molar-refractivity contribution in [2.45, 2.75) is 6.04 Å². The molecule has 1 fully saturated rings. The van der Waals surface area contributed by atoms with Gasteiger partial charge in [0.25, 0.3) is 0 Å². The SMILES string of the molecule is O=C(O)C(c1ccc(Br)c(Br)c1)N1CCOCC1. The van der Waals surface area contributed by atoms with Crippen molar-refractivity contribution in [3.63, 3.8) is 0 Å². The van der Waals surface area contributed by atoms with E-state index in [2.05, 4.69) is 31.9 Å². The Morgan fingerprint density at radius 3 is 2.50 bits per heavy atom. The monoisotopic (exact) mass is 377 g/mol. The molecule has 0 radical (unpaired) electrons. The first-order chi connectivity index (χ1) is 8.59. The summed E-state index contributed by atoms with van der Waals surface area (Å²) in [5, 5.41) is 9.43. The van der Waals surface area contributed by atoms with Gasteiger partial charge in [-0.05, 0) is 49.6 Å². The lowest BCUT2D eigenvalue weighted by atomic mass is 10.1. The van der Waals surface area contributed by atoms with Gasteiger partial charge in [0.05, 0.1) is 13.2 Å². The summed E-state index contributed by atoms with van der Waals surface area (Å²) in [7, 11) is 0. The zero-order valence-corrected chi connectivity index (χ0v) is 12.8. The molecule has 0 aromatic heterocycles. The summed E-state index contributed by atoms with van der Waals surface area (Å²) in [6, 6.07) is 4.93. The van der Waals surface area contributed by atoms with E-state index in [1.54, 1.807) is 0 Å². The lowest BCUT2D eigenvalue weighted by Gasteiger charge is -2.32. The molecule has 0 spiro atoms. The molecule has 0 aliphatic carbocycles. The number of nitrogens with zero attached hydrogens (tertiary/aromatic N) is 1. The second-order valence-corrected chi connectivity index (χ2v) is 5.77. The van der Waals surface area contributed by atoms with E-state index in [1.165, 1.54) is 0 Å². The predicted molar refractivity (Wildman–Crippen MR) is 74.6 cm³/mol. The van der Waals surface area contributed by atoms with Crippen molar-refractivity contribution in [2.75, 3.05) is 26.3 Å². The Morgan fingerprint density at radius 1 is 1.28 bits per heavy atom. The summed E-state index contributed by atoms with van der Waals surface area (Å²) in [6.07, 6.45) is 0. The molecule has 1 aromatic rings.